The number of carboxylic acids is 1. The van der Waals surface area contributed by atoms with Gasteiger partial charge < -0.3 is 15.7 Å². The van der Waals surface area contributed by atoms with Crippen molar-refractivity contribution in [2.45, 2.75) is 26.7 Å². The predicted octanol–water partition coefficient (Wildman–Crippen LogP) is 3.15. The fraction of sp³-hybridized carbons (Fsp3) is 0.167. The summed E-state index contributed by atoms with van der Waals surface area (Å²) in [7, 11) is 0. The SMILES string of the molecule is CC(=O)Nc1ccc(NC(=O)C(=O)Nn2c(CCC(=O)O)ccc2-c2ccc(C)cc2)cc1. The Kier molecular flexibility index (Phi) is 7.24. The Morgan fingerprint density at radius 1 is 0.818 bits per heavy atom. The number of hydrogen-bond acceptors (Lipinski definition) is 4. The zero-order valence-electron chi connectivity index (χ0n) is 18.2. The van der Waals surface area contributed by atoms with E-state index in [0.29, 0.717) is 22.8 Å². The number of hydrogen-bond donors (Lipinski definition) is 4. The Morgan fingerprint density at radius 2 is 1.42 bits per heavy atom. The Hall–Kier alpha value is -4.40. The van der Waals surface area contributed by atoms with Crippen molar-refractivity contribution in [3.05, 3.63) is 71.9 Å². The summed E-state index contributed by atoms with van der Waals surface area (Å²) in [5, 5.41) is 14.2. The molecule has 0 radical (unpaired) electrons. The Bertz CT molecular complexity index is 1180. The number of aromatic nitrogens is 1. The molecule has 0 aliphatic carbocycles. The van der Waals surface area contributed by atoms with Crippen LogP contribution in [0.4, 0.5) is 11.4 Å². The third kappa shape index (κ3) is 6.30. The lowest BCUT2D eigenvalue weighted by atomic mass is 10.1. The van der Waals surface area contributed by atoms with E-state index in [0.717, 1.165) is 11.1 Å². The van der Waals surface area contributed by atoms with Gasteiger partial charge in [0.05, 0.1) is 12.1 Å². The number of aliphatic carboxylic acids is 1. The van der Waals surface area contributed by atoms with Crippen molar-refractivity contribution in [3.8, 4) is 11.3 Å². The van der Waals surface area contributed by atoms with Crippen LogP contribution < -0.4 is 16.1 Å². The molecule has 0 atom stereocenters. The molecule has 3 rings (SSSR count). The first-order chi connectivity index (χ1) is 15.7. The fourth-order valence-electron chi connectivity index (χ4n) is 3.17. The van der Waals surface area contributed by atoms with E-state index in [1.54, 1.807) is 36.4 Å². The van der Waals surface area contributed by atoms with E-state index in [-0.39, 0.29) is 18.7 Å². The smallest absolute Gasteiger partial charge is 0.328 e. The van der Waals surface area contributed by atoms with E-state index in [1.165, 1.54) is 11.6 Å². The maximum atomic E-state index is 12.6. The second kappa shape index (κ2) is 10.3. The van der Waals surface area contributed by atoms with Gasteiger partial charge >= 0.3 is 17.8 Å². The van der Waals surface area contributed by atoms with E-state index in [1.807, 2.05) is 31.2 Å². The Morgan fingerprint density at radius 3 is 2.00 bits per heavy atom. The maximum absolute atomic E-state index is 12.6. The molecule has 0 bridgehead atoms. The van der Waals surface area contributed by atoms with E-state index in [4.69, 9.17) is 5.11 Å². The normalized spacial score (nSPS) is 10.4. The molecule has 1 heterocycles. The molecule has 0 fully saturated rings. The molecule has 0 aliphatic heterocycles. The molecule has 0 saturated heterocycles. The molecular formula is C24H24N4O5. The summed E-state index contributed by atoms with van der Waals surface area (Å²) in [5.41, 5.74) is 6.54. The second-order valence-corrected chi connectivity index (χ2v) is 7.46. The first-order valence-corrected chi connectivity index (χ1v) is 10.2. The van der Waals surface area contributed by atoms with Crippen LogP contribution in [0.1, 0.15) is 24.6 Å². The van der Waals surface area contributed by atoms with Gasteiger partial charge in [-0.3, -0.25) is 29.3 Å². The molecule has 33 heavy (non-hydrogen) atoms. The topological polar surface area (TPSA) is 130 Å². The molecule has 0 saturated carbocycles. The van der Waals surface area contributed by atoms with Crippen LogP contribution in [0.25, 0.3) is 11.3 Å². The average molecular weight is 448 g/mol. The van der Waals surface area contributed by atoms with Gasteiger partial charge in [0.15, 0.2) is 0 Å². The van der Waals surface area contributed by atoms with Crippen LogP contribution in [-0.2, 0) is 25.6 Å². The van der Waals surface area contributed by atoms with E-state index < -0.39 is 17.8 Å². The van der Waals surface area contributed by atoms with Gasteiger partial charge in [0.1, 0.15) is 0 Å². The average Bonchev–Trinajstić information content (AvgIpc) is 3.16. The standard InChI is InChI=1S/C24H24N4O5/c1-15-3-5-17(6-4-15)21-13-11-20(12-14-22(30)31)28(21)27-24(33)23(32)26-19-9-7-18(8-10-19)25-16(2)29/h3-11,13H,12,14H2,1-2H3,(H,25,29)(H,26,32)(H,27,33)(H,30,31). The van der Waals surface area contributed by atoms with Crippen molar-refractivity contribution in [1.29, 1.82) is 0 Å². The van der Waals surface area contributed by atoms with Crippen LogP contribution in [-0.4, -0.2) is 33.5 Å². The Balaban J connectivity index is 1.78. The molecule has 9 nitrogen and oxygen atoms in total. The summed E-state index contributed by atoms with van der Waals surface area (Å²) in [6, 6.07) is 17.4. The molecule has 2 aromatic carbocycles. The van der Waals surface area contributed by atoms with Crippen molar-refractivity contribution >= 4 is 35.1 Å². The molecule has 0 spiro atoms. The zero-order chi connectivity index (χ0) is 24.0. The van der Waals surface area contributed by atoms with E-state index >= 15 is 0 Å². The van der Waals surface area contributed by atoms with Crippen molar-refractivity contribution in [1.82, 2.24) is 4.68 Å². The zero-order valence-corrected chi connectivity index (χ0v) is 18.2. The number of carbonyl (C=O) groups excluding carboxylic acids is 3. The first-order valence-electron chi connectivity index (χ1n) is 10.2. The van der Waals surface area contributed by atoms with Gasteiger partial charge in [0.25, 0.3) is 0 Å². The highest BCUT2D eigenvalue weighted by Gasteiger charge is 2.19. The summed E-state index contributed by atoms with van der Waals surface area (Å²) in [5.74, 6) is -3.00. The molecule has 170 valence electrons. The molecule has 4 N–H and O–H groups in total. The monoisotopic (exact) mass is 448 g/mol. The number of carbonyl (C=O) groups is 4. The van der Waals surface area contributed by atoms with Crippen molar-refractivity contribution in [2.75, 3.05) is 16.1 Å². The second-order valence-electron chi connectivity index (χ2n) is 7.46. The van der Waals surface area contributed by atoms with Crippen LogP contribution in [0.15, 0.2) is 60.7 Å². The van der Waals surface area contributed by atoms with Gasteiger partial charge in [0, 0.05) is 36.0 Å². The minimum Gasteiger partial charge on any atom is -0.481 e. The third-order valence-corrected chi connectivity index (χ3v) is 4.79. The fourth-order valence-corrected chi connectivity index (χ4v) is 3.17. The highest BCUT2D eigenvalue weighted by molar-refractivity contribution is 6.42. The lowest BCUT2D eigenvalue weighted by Crippen LogP contribution is -2.35. The molecule has 3 aromatic rings. The van der Waals surface area contributed by atoms with Gasteiger partial charge in [-0.05, 0) is 43.3 Å². The van der Waals surface area contributed by atoms with Crippen molar-refractivity contribution in [3.63, 3.8) is 0 Å². The van der Waals surface area contributed by atoms with Gasteiger partial charge in [-0.1, -0.05) is 29.8 Å². The van der Waals surface area contributed by atoms with E-state index in [9.17, 15) is 19.2 Å². The van der Waals surface area contributed by atoms with Crippen LogP contribution >= 0.6 is 0 Å². The van der Waals surface area contributed by atoms with Gasteiger partial charge in [-0.15, -0.1) is 0 Å². The number of nitrogens with zero attached hydrogens (tertiary/aromatic N) is 1. The number of benzene rings is 2. The van der Waals surface area contributed by atoms with E-state index in [2.05, 4.69) is 16.1 Å². The molecule has 9 heteroatoms. The van der Waals surface area contributed by atoms with Crippen LogP contribution in [0.2, 0.25) is 0 Å². The molecular weight excluding hydrogens is 424 g/mol. The number of anilines is 2. The quantitative estimate of drug-likeness (QED) is 0.413. The van der Waals surface area contributed by atoms with Crippen molar-refractivity contribution < 1.29 is 24.3 Å². The van der Waals surface area contributed by atoms with Crippen LogP contribution in [0.3, 0.4) is 0 Å². The Labute approximate surface area is 190 Å². The molecule has 0 unspecified atom stereocenters. The summed E-state index contributed by atoms with van der Waals surface area (Å²) in [6.45, 7) is 3.34. The highest BCUT2D eigenvalue weighted by Crippen LogP contribution is 2.23. The van der Waals surface area contributed by atoms with Crippen LogP contribution in [0.5, 0.6) is 0 Å². The summed E-state index contributed by atoms with van der Waals surface area (Å²) >= 11 is 0. The lowest BCUT2D eigenvalue weighted by Gasteiger charge is -2.15. The first kappa shape index (κ1) is 23.3. The third-order valence-electron chi connectivity index (χ3n) is 4.79. The number of rotatable bonds is 7. The molecule has 0 aliphatic rings. The van der Waals surface area contributed by atoms with Gasteiger partial charge in [0.2, 0.25) is 5.91 Å². The van der Waals surface area contributed by atoms with Gasteiger partial charge in [-0.2, -0.15) is 0 Å². The highest BCUT2D eigenvalue weighted by atomic mass is 16.4. The lowest BCUT2D eigenvalue weighted by molar-refractivity contribution is -0.137. The van der Waals surface area contributed by atoms with Gasteiger partial charge in [-0.25, -0.2) is 0 Å². The summed E-state index contributed by atoms with van der Waals surface area (Å²) in [6.07, 6.45) is 0.0494. The number of carboxylic acid groups (broad SMARTS) is 1. The largest absolute Gasteiger partial charge is 0.481 e. The van der Waals surface area contributed by atoms with Crippen LogP contribution in [0, 0.1) is 6.92 Å². The predicted molar refractivity (Wildman–Crippen MR) is 124 cm³/mol. The minimum absolute atomic E-state index is 0.125. The van der Waals surface area contributed by atoms with Crippen molar-refractivity contribution in [2.24, 2.45) is 0 Å². The maximum Gasteiger partial charge on any atom is 0.328 e. The summed E-state index contributed by atoms with van der Waals surface area (Å²) < 4.78 is 1.44. The molecule has 3 amide bonds. The number of amides is 3. The minimum atomic E-state index is -0.966. The number of nitrogens with one attached hydrogen (secondary N) is 3. The number of aryl methyl sites for hydroxylation is 2. The molecule has 1 aromatic heterocycles. The summed E-state index contributed by atoms with van der Waals surface area (Å²) in [4.78, 5) is 47.2.